The lowest BCUT2D eigenvalue weighted by Crippen LogP contribution is -2.38. The number of nitrogens with zero attached hydrogens (tertiary/aromatic N) is 5. The van der Waals surface area contributed by atoms with Gasteiger partial charge in [0.1, 0.15) is 17.0 Å². The number of fused-ring (bicyclic) bond motifs is 1. The Bertz CT molecular complexity index is 2260. The molecule has 232 valence electrons. The third-order valence-electron chi connectivity index (χ3n) is 8.50. The van der Waals surface area contributed by atoms with Crippen molar-refractivity contribution in [2.24, 2.45) is 0 Å². The quantitative estimate of drug-likeness (QED) is 0.168. The smallest absolute Gasteiger partial charge is 0.257 e. The van der Waals surface area contributed by atoms with Gasteiger partial charge in [0, 0.05) is 46.2 Å². The van der Waals surface area contributed by atoms with Crippen LogP contribution in [0.1, 0.15) is 27.0 Å². The van der Waals surface area contributed by atoms with Crippen LogP contribution >= 0.6 is 11.3 Å². The molecule has 9 heteroatoms. The number of thiazole rings is 1. The highest BCUT2D eigenvalue weighted by Crippen LogP contribution is 2.41. The van der Waals surface area contributed by atoms with E-state index in [0.29, 0.717) is 22.0 Å². The second-order valence-corrected chi connectivity index (χ2v) is 12.2. The average molecular weight is 647 g/mol. The first-order valence-electron chi connectivity index (χ1n) is 15.3. The van der Waals surface area contributed by atoms with Crippen molar-refractivity contribution in [1.29, 1.82) is 0 Å². The number of anilines is 1. The normalized spacial score (nSPS) is 11.5. The molecule has 0 spiro atoms. The summed E-state index contributed by atoms with van der Waals surface area (Å²) >= 11 is 1.30. The Kier molecular flexibility index (Phi) is 7.43. The minimum absolute atomic E-state index is 0.201. The zero-order valence-corrected chi connectivity index (χ0v) is 26.3. The zero-order chi connectivity index (χ0) is 32.5. The molecular weight excluding hydrogens is 620 g/mol. The molecule has 0 aliphatic carbocycles. The Labute approximate surface area is 279 Å². The minimum Gasteiger partial charge on any atom is -0.299 e. The number of rotatable bonds is 8. The summed E-state index contributed by atoms with van der Waals surface area (Å²) in [6, 6.07) is 39.5. The Balaban J connectivity index is 1.21. The van der Waals surface area contributed by atoms with Crippen LogP contribution in [0.25, 0.3) is 28.0 Å². The van der Waals surface area contributed by atoms with Gasteiger partial charge >= 0.3 is 0 Å². The van der Waals surface area contributed by atoms with E-state index in [1.807, 2.05) is 88.2 Å². The van der Waals surface area contributed by atoms with Crippen LogP contribution in [0.3, 0.4) is 0 Å². The lowest BCUT2D eigenvalue weighted by Gasteiger charge is -2.36. The van der Waals surface area contributed by atoms with Crippen LogP contribution in [-0.4, -0.2) is 30.1 Å². The maximum Gasteiger partial charge on any atom is 0.257 e. The van der Waals surface area contributed by atoms with Crippen molar-refractivity contribution in [3.8, 4) is 22.4 Å². The van der Waals surface area contributed by atoms with E-state index in [-0.39, 0.29) is 5.56 Å². The van der Waals surface area contributed by atoms with Crippen LogP contribution in [0.2, 0.25) is 0 Å². The molecule has 0 saturated carbocycles. The SMILES string of the molecule is O=C(Nc1nccs1)c1ccc(-c2cnc3ccc(-c4cnn(C(c5ccccc5)(c5ccccc5)c5ccccc5)c4)cn23)c(F)c1. The summed E-state index contributed by atoms with van der Waals surface area (Å²) in [4.78, 5) is 21.3. The average Bonchev–Trinajstić information content (AvgIpc) is 3.92. The number of halogens is 1. The number of carbonyl (C=O) groups is 1. The first kappa shape index (κ1) is 29.2. The summed E-state index contributed by atoms with van der Waals surface area (Å²) in [5, 5.41) is 9.91. The third kappa shape index (κ3) is 5.06. The molecule has 0 aliphatic rings. The molecule has 1 amide bonds. The molecule has 0 bridgehead atoms. The molecule has 0 radical (unpaired) electrons. The topological polar surface area (TPSA) is 77.1 Å². The maximum atomic E-state index is 15.6. The highest BCUT2D eigenvalue weighted by Gasteiger charge is 2.39. The van der Waals surface area contributed by atoms with Crippen molar-refractivity contribution in [1.82, 2.24) is 24.1 Å². The van der Waals surface area contributed by atoms with Gasteiger partial charge in [-0.3, -0.25) is 19.2 Å². The molecule has 0 atom stereocenters. The van der Waals surface area contributed by atoms with Crippen molar-refractivity contribution >= 4 is 28.0 Å². The van der Waals surface area contributed by atoms with E-state index in [9.17, 15) is 4.79 Å². The lowest BCUT2D eigenvalue weighted by atomic mass is 9.77. The molecule has 0 aliphatic heterocycles. The van der Waals surface area contributed by atoms with Gasteiger partial charge in [0.25, 0.3) is 5.91 Å². The highest BCUT2D eigenvalue weighted by molar-refractivity contribution is 7.13. The van der Waals surface area contributed by atoms with Gasteiger partial charge in [0.05, 0.1) is 18.1 Å². The summed E-state index contributed by atoms with van der Waals surface area (Å²) in [7, 11) is 0. The molecule has 4 heterocycles. The van der Waals surface area contributed by atoms with E-state index in [2.05, 4.69) is 57.9 Å². The number of hydrogen-bond acceptors (Lipinski definition) is 5. The van der Waals surface area contributed by atoms with Crippen molar-refractivity contribution in [2.75, 3.05) is 5.32 Å². The predicted octanol–water partition coefficient (Wildman–Crippen LogP) is 8.55. The van der Waals surface area contributed by atoms with E-state index in [4.69, 9.17) is 5.10 Å². The first-order chi connectivity index (χ1) is 23.6. The van der Waals surface area contributed by atoms with Crippen LogP contribution in [-0.2, 0) is 5.54 Å². The van der Waals surface area contributed by atoms with Crippen molar-refractivity contribution in [2.45, 2.75) is 5.54 Å². The largest absolute Gasteiger partial charge is 0.299 e. The zero-order valence-electron chi connectivity index (χ0n) is 25.4. The first-order valence-corrected chi connectivity index (χ1v) is 16.2. The molecule has 48 heavy (non-hydrogen) atoms. The van der Waals surface area contributed by atoms with Gasteiger partial charge in [-0.05, 0) is 47.0 Å². The fourth-order valence-electron chi connectivity index (χ4n) is 6.26. The summed E-state index contributed by atoms with van der Waals surface area (Å²) < 4.78 is 19.5. The number of hydrogen-bond donors (Lipinski definition) is 1. The minimum atomic E-state index is -0.747. The van der Waals surface area contributed by atoms with E-state index in [1.54, 1.807) is 29.9 Å². The van der Waals surface area contributed by atoms with Crippen LogP contribution in [0, 0.1) is 5.82 Å². The molecule has 0 saturated heterocycles. The fourth-order valence-corrected chi connectivity index (χ4v) is 6.78. The fraction of sp³-hybridized carbons (Fsp3) is 0.0256. The van der Waals surface area contributed by atoms with Gasteiger partial charge < -0.3 is 0 Å². The number of pyridine rings is 1. The molecule has 7 nitrogen and oxygen atoms in total. The number of carbonyl (C=O) groups excluding carboxylic acids is 1. The molecule has 4 aromatic heterocycles. The summed E-state index contributed by atoms with van der Waals surface area (Å²) in [5.41, 5.74) is 6.01. The van der Waals surface area contributed by atoms with Crippen LogP contribution in [0.5, 0.6) is 0 Å². The second-order valence-electron chi connectivity index (χ2n) is 11.3. The molecule has 8 aromatic rings. The van der Waals surface area contributed by atoms with Gasteiger partial charge in [0.15, 0.2) is 5.13 Å². The number of amides is 1. The molecule has 8 rings (SSSR count). The number of benzene rings is 4. The molecular formula is C39H27FN6OS. The summed E-state index contributed by atoms with van der Waals surface area (Å²) in [6.45, 7) is 0. The van der Waals surface area contributed by atoms with Crippen molar-refractivity contribution < 1.29 is 9.18 Å². The highest BCUT2D eigenvalue weighted by atomic mass is 32.1. The maximum absolute atomic E-state index is 15.6. The lowest BCUT2D eigenvalue weighted by molar-refractivity contribution is 0.102. The van der Waals surface area contributed by atoms with E-state index in [1.165, 1.54) is 17.4 Å². The van der Waals surface area contributed by atoms with Gasteiger partial charge in [-0.15, -0.1) is 11.3 Å². The van der Waals surface area contributed by atoms with E-state index in [0.717, 1.165) is 27.8 Å². The monoisotopic (exact) mass is 646 g/mol. The Morgan fingerprint density at radius 2 is 1.40 bits per heavy atom. The molecule has 0 fully saturated rings. The van der Waals surface area contributed by atoms with Crippen LogP contribution < -0.4 is 5.32 Å². The summed E-state index contributed by atoms with van der Waals surface area (Å²) in [6.07, 6.45) is 9.09. The number of nitrogens with one attached hydrogen (secondary N) is 1. The molecule has 0 unspecified atom stereocenters. The van der Waals surface area contributed by atoms with Gasteiger partial charge in [-0.2, -0.15) is 5.10 Å². The Morgan fingerprint density at radius 1 is 0.729 bits per heavy atom. The Morgan fingerprint density at radius 3 is 2.00 bits per heavy atom. The van der Waals surface area contributed by atoms with E-state index < -0.39 is 17.3 Å². The van der Waals surface area contributed by atoms with Gasteiger partial charge in [-0.1, -0.05) is 91.0 Å². The number of aromatic nitrogens is 5. The van der Waals surface area contributed by atoms with Gasteiger partial charge in [-0.25, -0.2) is 14.4 Å². The van der Waals surface area contributed by atoms with Crippen LogP contribution in [0.4, 0.5) is 9.52 Å². The van der Waals surface area contributed by atoms with Crippen molar-refractivity contribution in [3.05, 3.63) is 186 Å². The standard InChI is InChI=1S/C39H27FN6OS/c40-34-22-27(37(47)44-38-41-20-21-48-38)16-18-33(34)35-24-42-36-19-17-28(25-45(35)36)29-23-43-46(26-29)39(30-10-4-1-5-11-30,31-12-6-2-7-13-31)32-14-8-3-9-15-32/h1-26H,(H,41,44,47). The van der Waals surface area contributed by atoms with Crippen molar-refractivity contribution in [3.63, 3.8) is 0 Å². The van der Waals surface area contributed by atoms with Crippen LogP contribution in [0.15, 0.2) is 158 Å². The molecule has 4 aromatic carbocycles. The second kappa shape index (κ2) is 12.2. The Hall–Kier alpha value is -6.19. The molecule has 1 N–H and O–H groups in total. The predicted molar refractivity (Wildman–Crippen MR) is 186 cm³/mol. The van der Waals surface area contributed by atoms with Gasteiger partial charge in [0.2, 0.25) is 0 Å². The number of imidazole rings is 1. The van der Waals surface area contributed by atoms with E-state index >= 15 is 4.39 Å². The summed E-state index contributed by atoms with van der Waals surface area (Å²) in [5.74, 6) is -0.953. The third-order valence-corrected chi connectivity index (χ3v) is 9.19.